The molecule has 4 heteroatoms. The highest BCUT2D eigenvalue weighted by molar-refractivity contribution is 5.92. The van der Waals surface area contributed by atoms with E-state index in [2.05, 4.69) is 29.4 Å². The summed E-state index contributed by atoms with van der Waals surface area (Å²) >= 11 is 0. The van der Waals surface area contributed by atoms with Gasteiger partial charge in [0.2, 0.25) is 0 Å². The summed E-state index contributed by atoms with van der Waals surface area (Å²) in [5, 5.41) is 3.09. The molecule has 0 radical (unpaired) electrons. The van der Waals surface area contributed by atoms with Gasteiger partial charge in [-0.1, -0.05) is 29.8 Å². The van der Waals surface area contributed by atoms with Crippen molar-refractivity contribution in [1.29, 1.82) is 0 Å². The molecule has 0 fully saturated rings. The Balaban J connectivity index is 1.81. The minimum Gasteiger partial charge on any atom is -0.491 e. The molecule has 0 saturated carbocycles. The van der Waals surface area contributed by atoms with Crippen molar-refractivity contribution in [2.24, 2.45) is 10.7 Å². The van der Waals surface area contributed by atoms with Crippen LogP contribution in [0, 0.1) is 6.92 Å². The van der Waals surface area contributed by atoms with Crippen molar-refractivity contribution in [3.05, 3.63) is 59.7 Å². The lowest BCUT2D eigenvalue weighted by molar-refractivity contribution is 0.242. The van der Waals surface area contributed by atoms with Crippen molar-refractivity contribution in [2.45, 2.75) is 33.3 Å². The van der Waals surface area contributed by atoms with E-state index in [1.54, 1.807) is 0 Å². The molecule has 0 saturated heterocycles. The summed E-state index contributed by atoms with van der Waals surface area (Å²) in [4.78, 5) is 4.36. The summed E-state index contributed by atoms with van der Waals surface area (Å²) in [6.07, 6.45) is 1.04. The highest BCUT2D eigenvalue weighted by Crippen LogP contribution is 2.14. The fourth-order valence-electron chi connectivity index (χ4n) is 2.14. The number of ether oxygens (including phenoxy) is 1. The molecule has 2 aromatic carbocycles. The van der Waals surface area contributed by atoms with E-state index in [9.17, 15) is 0 Å². The lowest BCUT2D eigenvalue weighted by atomic mass is 10.1. The zero-order valence-corrected chi connectivity index (χ0v) is 14.0. The molecule has 0 aromatic heterocycles. The van der Waals surface area contributed by atoms with Gasteiger partial charge < -0.3 is 15.8 Å². The summed E-state index contributed by atoms with van der Waals surface area (Å²) < 4.78 is 5.63. The summed E-state index contributed by atoms with van der Waals surface area (Å²) in [6, 6.07) is 16.2. The second kappa shape index (κ2) is 8.22. The second-order valence-corrected chi connectivity index (χ2v) is 5.82. The fourth-order valence-corrected chi connectivity index (χ4v) is 2.14. The molecule has 2 rings (SSSR count). The third-order valence-electron chi connectivity index (χ3n) is 3.30. The van der Waals surface area contributed by atoms with E-state index in [0.29, 0.717) is 12.5 Å². The van der Waals surface area contributed by atoms with Crippen molar-refractivity contribution in [2.75, 3.05) is 11.9 Å². The number of anilines is 1. The van der Waals surface area contributed by atoms with Gasteiger partial charge in [-0.2, -0.15) is 0 Å². The highest BCUT2D eigenvalue weighted by atomic mass is 16.5. The van der Waals surface area contributed by atoms with E-state index in [1.807, 2.05) is 50.2 Å². The Labute approximate surface area is 138 Å². The molecule has 0 amide bonds. The quantitative estimate of drug-likeness (QED) is 0.631. The smallest absolute Gasteiger partial charge is 0.193 e. The molecule has 0 bridgehead atoms. The Kier molecular flexibility index (Phi) is 6.03. The van der Waals surface area contributed by atoms with Crippen molar-refractivity contribution >= 4 is 11.6 Å². The SMILES string of the molecule is Cc1ccc(NC(N)=NCCc2ccc(OC(C)C)cc2)cc1. The van der Waals surface area contributed by atoms with Crippen LogP contribution in [0.2, 0.25) is 0 Å². The molecule has 0 atom stereocenters. The van der Waals surface area contributed by atoms with E-state index in [4.69, 9.17) is 10.5 Å². The van der Waals surface area contributed by atoms with Gasteiger partial charge in [0.05, 0.1) is 6.10 Å². The lowest BCUT2D eigenvalue weighted by Crippen LogP contribution is -2.23. The lowest BCUT2D eigenvalue weighted by Gasteiger charge is -2.10. The van der Waals surface area contributed by atoms with Gasteiger partial charge >= 0.3 is 0 Å². The summed E-state index contributed by atoms with van der Waals surface area (Å²) in [5.41, 5.74) is 9.29. The van der Waals surface area contributed by atoms with Gasteiger partial charge in [-0.3, -0.25) is 4.99 Å². The van der Waals surface area contributed by atoms with Gasteiger partial charge in [-0.05, 0) is 57.0 Å². The maximum absolute atomic E-state index is 5.91. The van der Waals surface area contributed by atoms with Gasteiger partial charge in [0.15, 0.2) is 5.96 Å². The number of nitrogens with one attached hydrogen (secondary N) is 1. The molecule has 0 unspecified atom stereocenters. The van der Waals surface area contributed by atoms with Crippen molar-refractivity contribution in [3.63, 3.8) is 0 Å². The number of guanidine groups is 1. The number of nitrogens with zero attached hydrogens (tertiary/aromatic N) is 1. The number of aliphatic imine (C=N–C) groups is 1. The first-order valence-corrected chi connectivity index (χ1v) is 7.92. The maximum atomic E-state index is 5.91. The van der Waals surface area contributed by atoms with Crippen LogP contribution in [0.4, 0.5) is 5.69 Å². The average molecular weight is 311 g/mol. The topological polar surface area (TPSA) is 59.6 Å². The van der Waals surface area contributed by atoms with Gasteiger partial charge in [0.25, 0.3) is 0 Å². The molecule has 23 heavy (non-hydrogen) atoms. The molecule has 0 aliphatic carbocycles. The zero-order chi connectivity index (χ0) is 16.7. The van der Waals surface area contributed by atoms with Crippen molar-refractivity contribution in [1.82, 2.24) is 0 Å². The fraction of sp³-hybridized carbons (Fsp3) is 0.316. The molecule has 0 aliphatic rings. The molecule has 0 spiro atoms. The standard InChI is InChI=1S/C19H25N3O/c1-14(2)23-18-10-6-16(7-11-18)12-13-21-19(20)22-17-8-4-15(3)5-9-17/h4-11,14H,12-13H2,1-3H3,(H3,20,21,22). The van der Waals surface area contributed by atoms with Crippen LogP contribution < -0.4 is 15.8 Å². The first kappa shape index (κ1) is 16.9. The van der Waals surface area contributed by atoms with Crippen molar-refractivity contribution in [3.8, 4) is 5.75 Å². The molecule has 3 N–H and O–H groups in total. The second-order valence-electron chi connectivity index (χ2n) is 5.82. The Hall–Kier alpha value is -2.49. The summed E-state index contributed by atoms with van der Waals surface area (Å²) in [5.74, 6) is 1.33. The number of benzene rings is 2. The minimum atomic E-state index is 0.193. The van der Waals surface area contributed by atoms with Crippen LogP contribution in [0.25, 0.3) is 0 Å². The Morgan fingerprint density at radius 3 is 2.35 bits per heavy atom. The molecule has 0 aliphatic heterocycles. The van der Waals surface area contributed by atoms with E-state index in [1.165, 1.54) is 11.1 Å². The Morgan fingerprint density at radius 1 is 1.09 bits per heavy atom. The predicted octanol–water partition coefficient (Wildman–Crippen LogP) is 3.75. The summed E-state index contributed by atoms with van der Waals surface area (Å²) in [6.45, 7) is 6.74. The molecule has 0 heterocycles. The molecular formula is C19H25N3O. The van der Waals surface area contributed by atoms with Crippen LogP contribution in [0.5, 0.6) is 5.75 Å². The number of hydrogen-bond acceptors (Lipinski definition) is 2. The minimum absolute atomic E-state index is 0.193. The van der Waals surface area contributed by atoms with E-state index < -0.39 is 0 Å². The zero-order valence-electron chi connectivity index (χ0n) is 14.0. The molecular weight excluding hydrogens is 286 g/mol. The van der Waals surface area contributed by atoms with Gasteiger partial charge in [0, 0.05) is 12.2 Å². The van der Waals surface area contributed by atoms with E-state index in [0.717, 1.165) is 17.9 Å². The van der Waals surface area contributed by atoms with E-state index in [-0.39, 0.29) is 6.10 Å². The van der Waals surface area contributed by atoms with E-state index >= 15 is 0 Å². The first-order valence-electron chi connectivity index (χ1n) is 7.92. The van der Waals surface area contributed by atoms with Crippen molar-refractivity contribution < 1.29 is 4.74 Å². The Morgan fingerprint density at radius 2 is 1.74 bits per heavy atom. The predicted molar refractivity (Wildman–Crippen MR) is 97.2 cm³/mol. The Bertz CT molecular complexity index is 631. The summed E-state index contributed by atoms with van der Waals surface area (Å²) in [7, 11) is 0. The molecule has 122 valence electrons. The van der Waals surface area contributed by atoms with Crippen LogP contribution in [0.1, 0.15) is 25.0 Å². The number of rotatable bonds is 6. The highest BCUT2D eigenvalue weighted by Gasteiger charge is 1.99. The third kappa shape index (κ3) is 6.02. The molecule has 2 aromatic rings. The van der Waals surface area contributed by atoms with Crippen LogP contribution in [-0.2, 0) is 6.42 Å². The van der Waals surface area contributed by atoms with Crippen LogP contribution >= 0.6 is 0 Å². The van der Waals surface area contributed by atoms with Crippen LogP contribution in [0.15, 0.2) is 53.5 Å². The number of nitrogens with two attached hydrogens (primary N) is 1. The maximum Gasteiger partial charge on any atom is 0.193 e. The van der Waals surface area contributed by atoms with Crippen LogP contribution in [-0.4, -0.2) is 18.6 Å². The monoisotopic (exact) mass is 311 g/mol. The largest absolute Gasteiger partial charge is 0.491 e. The van der Waals surface area contributed by atoms with Gasteiger partial charge in [-0.15, -0.1) is 0 Å². The normalized spacial score (nSPS) is 11.6. The third-order valence-corrected chi connectivity index (χ3v) is 3.30. The molecule has 4 nitrogen and oxygen atoms in total. The van der Waals surface area contributed by atoms with Gasteiger partial charge in [-0.25, -0.2) is 0 Å². The van der Waals surface area contributed by atoms with Crippen LogP contribution in [0.3, 0.4) is 0 Å². The average Bonchev–Trinajstić information content (AvgIpc) is 2.51. The number of hydrogen-bond donors (Lipinski definition) is 2. The first-order chi connectivity index (χ1) is 11.0. The number of aryl methyl sites for hydroxylation is 1. The van der Waals surface area contributed by atoms with Gasteiger partial charge in [0.1, 0.15) is 5.75 Å².